The molecule has 0 radical (unpaired) electrons. The number of non-ortho nitro benzene ring substituents is 1. The van der Waals surface area contributed by atoms with Gasteiger partial charge in [-0.05, 0) is 39.3 Å². The SMILES string of the molecule is CCCC[C@H](NC(=O)OC(C)(C)C)C(=O)Nc1ccc([N+](=O)[O-])cc1. The number of nitrogens with zero attached hydrogens (tertiary/aromatic N) is 1. The molecule has 2 amide bonds. The molecule has 25 heavy (non-hydrogen) atoms. The Labute approximate surface area is 147 Å². The highest BCUT2D eigenvalue weighted by Crippen LogP contribution is 2.16. The average Bonchev–Trinajstić information content (AvgIpc) is 2.50. The molecule has 0 aliphatic rings. The molecule has 0 spiro atoms. The fourth-order valence-electron chi connectivity index (χ4n) is 2.02. The monoisotopic (exact) mass is 351 g/mol. The third-order valence-electron chi connectivity index (χ3n) is 3.20. The fraction of sp³-hybridized carbons (Fsp3) is 0.529. The molecule has 1 aromatic carbocycles. The van der Waals surface area contributed by atoms with Crippen molar-refractivity contribution in [3.63, 3.8) is 0 Å². The van der Waals surface area contributed by atoms with Crippen LogP contribution in [0, 0.1) is 10.1 Å². The molecule has 8 heteroatoms. The molecule has 0 fully saturated rings. The van der Waals surface area contributed by atoms with Gasteiger partial charge in [0.25, 0.3) is 5.69 Å². The summed E-state index contributed by atoms with van der Waals surface area (Å²) < 4.78 is 5.19. The molecule has 1 rings (SSSR count). The molecule has 0 saturated heterocycles. The largest absolute Gasteiger partial charge is 0.444 e. The van der Waals surface area contributed by atoms with Crippen molar-refractivity contribution in [1.29, 1.82) is 0 Å². The van der Waals surface area contributed by atoms with E-state index < -0.39 is 28.6 Å². The Morgan fingerprint density at radius 2 is 1.84 bits per heavy atom. The number of carbonyl (C=O) groups excluding carboxylic acids is 2. The number of nitro groups is 1. The molecule has 8 nitrogen and oxygen atoms in total. The van der Waals surface area contributed by atoms with Crippen LogP contribution in [-0.4, -0.2) is 28.6 Å². The Hall–Kier alpha value is -2.64. The minimum absolute atomic E-state index is 0.0626. The predicted octanol–water partition coefficient (Wildman–Crippen LogP) is 3.62. The van der Waals surface area contributed by atoms with E-state index in [9.17, 15) is 19.7 Å². The minimum Gasteiger partial charge on any atom is -0.444 e. The Morgan fingerprint density at radius 3 is 2.32 bits per heavy atom. The second-order valence-corrected chi connectivity index (χ2v) is 6.63. The number of hydrogen-bond acceptors (Lipinski definition) is 5. The van der Waals surface area contributed by atoms with Gasteiger partial charge in [0.15, 0.2) is 0 Å². The molecule has 1 aromatic rings. The van der Waals surface area contributed by atoms with Gasteiger partial charge < -0.3 is 15.4 Å². The Balaban J connectivity index is 2.75. The van der Waals surface area contributed by atoms with E-state index >= 15 is 0 Å². The summed E-state index contributed by atoms with van der Waals surface area (Å²) in [6.07, 6.45) is 1.44. The Morgan fingerprint density at radius 1 is 1.24 bits per heavy atom. The smallest absolute Gasteiger partial charge is 0.408 e. The first-order valence-corrected chi connectivity index (χ1v) is 8.17. The maximum Gasteiger partial charge on any atom is 0.408 e. The van der Waals surface area contributed by atoms with E-state index in [1.165, 1.54) is 24.3 Å². The first kappa shape index (κ1) is 20.4. The lowest BCUT2D eigenvalue weighted by atomic mass is 10.1. The number of benzene rings is 1. The van der Waals surface area contributed by atoms with Crippen molar-refractivity contribution in [3.05, 3.63) is 34.4 Å². The molecular formula is C17H25N3O5. The molecule has 0 aliphatic carbocycles. The second kappa shape index (κ2) is 9.00. The van der Waals surface area contributed by atoms with Crippen molar-refractivity contribution < 1.29 is 19.2 Å². The lowest BCUT2D eigenvalue weighted by Crippen LogP contribution is -2.45. The van der Waals surface area contributed by atoms with Crippen LogP contribution in [0.3, 0.4) is 0 Å². The van der Waals surface area contributed by atoms with Crippen LogP contribution in [0.15, 0.2) is 24.3 Å². The Bertz CT molecular complexity index is 608. The highest BCUT2D eigenvalue weighted by atomic mass is 16.6. The summed E-state index contributed by atoms with van der Waals surface area (Å²) in [6, 6.07) is 4.75. The number of hydrogen-bond donors (Lipinski definition) is 2. The second-order valence-electron chi connectivity index (χ2n) is 6.63. The number of unbranched alkanes of at least 4 members (excludes halogenated alkanes) is 1. The summed E-state index contributed by atoms with van der Waals surface area (Å²) in [4.78, 5) is 34.5. The molecule has 1 atom stereocenters. The van der Waals surface area contributed by atoms with Gasteiger partial charge in [-0.2, -0.15) is 0 Å². The average molecular weight is 351 g/mol. The van der Waals surface area contributed by atoms with Crippen molar-refractivity contribution in [2.45, 2.75) is 58.6 Å². The van der Waals surface area contributed by atoms with Crippen molar-refractivity contribution in [2.75, 3.05) is 5.32 Å². The molecule has 0 saturated carbocycles. The van der Waals surface area contributed by atoms with E-state index in [0.29, 0.717) is 12.1 Å². The fourth-order valence-corrected chi connectivity index (χ4v) is 2.02. The standard InChI is InChI=1S/C17H25N3O5/c1-5-6-7-14(19-16(22)25-17(2,3)4)15(21)18-12-8-10-13(11-9-12)20(23)24/h8-11,14H,5-7H2,1-4H3,(H,18,21)(H,19,22)/t14-/m0/s1. The highest BCUT2D eigenvalue weighted by molar-refractivity contribution is 5.96. The Kier molecular flexibility index (Phi) is 7.35. The molecule has 2 N–H and O–H groups in total. The topological polar surface area (TPSA) is 111 Å². The number of nitrogens with one attached hydrogen (secondary N) is 2. The number of amides is 2. The lowest BCUT2D eigenvalue weighted by molar-refractivity contribution is -0.384. The third-order valence-corrected chi connectivity index (χ3v) is 3.20. The van der Waals surface area contributed by atoms with E-state index in [2.05, 4.69) is 10.6 Å². The van der Waals surface area contributed by atoms with Crippen molar-refractivity contribution >= 4 is 23.4 Å². The maximum absolute atomic E-state index is 12.4. The van der Waals surface area contributed by atoms with E-state index in [0.717, 1.165) is 12.8 Å². The van der Waals surface area contributed by atoms with Crippen LogP contribution in [0.4, 0.5) is 16.2 Å². The van der Waals surface area contributed by atoms with Gasteiger partial charge in [-0.1, -0.05) is 19.8 Å². The van der Waals surface area contributed by atoms with Crippen molar-refractivity contribution in [3.8, 4) is 0 Å². The first-order chi connectivity index (χ1) is 11.6. The highest BCUT2D eigenvalue weighted by Gasteiger charge is 2.24. The van der Waals surface area contributed by atoms with E-state index in [1.54, 1.807) is 20.8 Å². The normalized spacial score (nSPS) is 12.2. The molecule has 0 aromatic heterocycles. The quantitative estimate of drug-likeness (QED) is 0.576. The van der Waals surface area contributed by atoms with Crippen molar-refractivity contribution in [1.82, 2.24) is 5.32 Å². The van der Waals surface area contributed by atoms with Gasteiger partial charge >= 0.3 is 6.09 Å². The van der Waals surface area contributed by atoms with Crippen LogP contribution in [-0.2, 0) is 9.53 Å². The number of anilines is 1. The predicted molar refractivity (Wildman–Crippen MR) is 94.4 cm³/mol. The summed E-state index contributed by atoms with van der Waals surface area (Å²) >= 11 is 0. The zero-order valence-electron chi connectivity index (χ0n) is 15.0. The van der Waals surface area contributed by atoms with Crippen LogP contribution in [0.2, 0.25) is 0 Å². The van der Waals surface area contributed by atoms with E-state index in [4.69, 9.17) is 4.74 Å². The molecule has 138 valence electrons. The van der Waals surface area contributed by atoms with Crippen LogP contribution in [0.1, 0.15) is 47.0 Å². The molecular weight excluding hydrogens is 326 g/mol. The number of ether oxygens (including phenoxy) is 1. The van der Waals surface area contributed by atoms with Gasteiger partial charge in [0.1, 0.15) is 11.6 Å². The number of alkyl carbamates (subject to hydrolysis) is 1. The summed E-state index contributed by atoms with van der Waals surface area (Å²) in [5, 5.41) is 15.9. The van der Waals surface area contributed by atoms with Gasteiger partial charge in [-0.3, -0.25) is 14.9 Å². The summed E-state index contributed by atoms with van der Waals surface area (Å²) in [5.41, 5.74) is -0.302. The summed E-state index contributed by atoms with van der Waals surface area (Å²) in [7, 11) is 0. The summed E-state index contributed by atoms with van der Waals surface area (Å²) in [6.45, 7) is 7.21. The van der Waals surface area contributed by atoms with Crippen LogP contribution < -0.4 is 10.6 Å². The number of carbonyl (C=O) groups is 2. The third kappa shape index (κ3) is 7.65. The minimum atomic E-state index is -0.745. The van der Waals surface area contributed by atoms with E-state index in [-0.39, 0.29) is 5.69 Å². The number of nitro benzene ring substituents is 1. The molecule has 0 heterocycles. The molecule has 0 aliphatic heterocycles. The van der Waals surface area contributed by atoms with Gasteiger partial charge in [0.05, 0.1) is 4.92 Å². The molecule has 0 unspecified atom stereocenters. The maximum atomic E-state index is 12.4. The van der Waals surface area contributed by atoms with Crippen LogP contribution in [0.25, 0.3) is 0 Å². The van der Waals surface area contributed by atoms with Crippen molar-refractivity contribution in [2.24, 2.45) is 0 Å². The van der Waals surface area contributed by atoms with Gasteiger partial charge in [-0.15, -0.1) is 0 Å². The van der Waals surface area contributed by atoms with Gasteiger partial charge in [0, 0.05) is 17.8 Å². The van der Waals surface area contributed by atoms with Crippen LogP contribution in [0.5, 0.6) is 0 Å². The number of rotatable bonds is 7. The summed E-state index contributed by atoms with van der Waals surface area (Å²) in [5.74, 6) is -0.395. The zero-order valence-corrected chi connectivity index (χ0v) is 15.0. The van der Waals surface area contributed by atoms with Gasteiger partial charge in [0.2, 0.25) is 5.91 Å². The van der Waals surface area contributed by atoms with E-state index in [1.807, 2.05) is 6.92 Å². The first-order valence-electron chi connectivity index (χ1n) is 8.17. The zero-order chi connectivity index (χ0) is 19.0. The van der Waals surface area contributed by atoms with Gasteiger partial charge in [-0.25, -0.2) is 4.79 Å². The molecule has 0 bridgehead atoms. The van der Waals surface area contributed by atoms with Crippen LogP contribution >= 0.6 is 0 Å². The lowest BCUT2D eigenvalue weighted by Gasteiger charge is -2.23.